The van der Waals surface area contributed by atoms with Crippen molar-refractivity contribution in [3.05, 3.63) is 205 Å². The number of rotatable bonds is 20. The van der Waals surface area contributed by atoms with Gasteiger partial charge in [-0.3, -0.25) is 48.6 Å². The summed E-state index contributed by atoms with van der Waals surface area (Å²) in [5.74, 6) is -2.00. The maximum atomic E-state index is 11.7. The fraction of sp³-hybridized carbons (Fsp3) is 0.290. The third kappa shape index (κ3) is 42.2. The number of non-ortho nitro benzene ring substituents is 1. The van der Waals surface area contributed by atoms with Crippen molar-refractivity contribution < 1.29 is 48.0 Å². The van der Waals surface area contributed by atoms with Gasteiger partial charge < -0.3 is 26.8 Å². The molecule has 7 rings (SSSR count). The number of benzene rings is 6. The standard InChI is InChI=1S/C11H12ClNO3.C10H8BrNO2.C8H7BrClNO.C8H6Cl2O.C7H6BrNO2.C7H7Br.C6H13Br.C3H6ClNO.C2H4ClNO/c1-2-16-11(15)8-3-5-9(6-4-8)13-10(14)7-12;11-5-6-12-9(13)7-3-1-2-4-8(7)10(12)14;9-6-1-3-7(4-2-6)11-8(12)5-10;9-5-8(11)6-1-3-7(10)4-2-6;8-5-6-1-3-7(4-2-6)9(10)11;8-6-7-4-2-1-3-5-7;1-2-3-4-5-6-7;4-2-1-3(5)6;3-1-2(4)5/h3-6H,2,7H2,1H3,(H,13,14);1-4H,5-6H2;1-4H,5H2,(H,11,12);2*1-4H,5H2;1-5H,6H2;2-6H2,1H3;1-2H2,(H2,5,6);1H2,(H2,4,5). The van der Waals surface area contributed by atoms with E-state index in [1.54, 1.807) is 104 Å². The lowest BCUT2D eigenvalue weighted by molar-refractivity contribution is -0.384. The summed E-state index contributed by atoms with van der Waals surface area (Å²) in [6, 6.07) is 44.0. The van der Waals surface area contributed by atoms with E-state index in [0.717, 1.165) is 26.4 Å². The highest BCUT2D eigenvalue weighted by atomic mass is 79.9. The number of nitro benzene ring substituents is 1. The molecule has 6 N–H and O–H groups in total. The number of amides is 6. The first-order valence-electron chi connectivity index (χ1n) is 26.8. The van der Waals surface area contributed by atoms with Crippen molar-refractivity contribution in [1.82, 2.24) is 4.90 Å². The van der Waals surface area contributed by atoms with Gasteiger partial charge in [0.25, 0.3) is 17.5 Å². The Morgan fingerprint density at radius 1 is 0.567 bits per heavy atom. The summed E-state index contributed by atoms with van der Waals surface area (Å²) in [4.78, 5) is 97.6. The molecule has 1 heterocycles. The first-order valence-corrected chi connectivity index (χ1v) is 35.1. The molecule has 0 unspecified atom stereocenters. The van der Waals surface area contributed by atoms with E-state index in [-0.39, 0.29) is 76.9 Å². The Balaban J connectivity index is 0. The molecule has 6 aromatic rings. The first-order chi connectivity index (χ1) is 43.0. The molecule has 0 atom stereocenters. The number of nitrogens with zero attached hydrogens (tertiary/aromatic N) is 2. The number of carbonyl (C=O) groups excluding carboxylic acids is 8. The number of nitrogens with two attached hydrogens (primary N) is 2. The van der Waals surface area contributed by atoms with Crippen LogP contribution in [-0.4, -0.2) is 110 Å². The number of unbranched alkanes of at least 4 members (excludes halogenated alkanes) is 3. The monoisotopic (exact) mass is 1680 g/mol. The van der Waals surface area contributed by atoms with E-state index in [2.05, 4.69) is 121 Å². The van der Waals surface area contributed by atoms with Gasteiger partial charge in [-0.2, -0.15) is 0 Å². The fourth-order valence-electron chi connectivity index (χ4n) is 5.95. The number of Topliss-reactive ketones (excluding diaryl/α,β-unsaturated/α-hetero) is 1. The molecule has 28 heteroatoms. The lowest BCUT2D eigenvalue weighted by atomic mass is 10.1. The zero-order chi connectivity index (χ0) is 68.2. The number of ether oxygens (including phenoxy) is 1. The third-order valence-electron chi connectivity index (χ3n) is 10.3. The Hall–Kier alpha value is -4.98. The minimum atomic E-state index is -0.480. The average molecular weight is 1690 g/mol. The van der Waals surface area contributed by atoms with Crippen LogP contribution in [0.15, 0.2) is 156 Å². The number of ketones is 1. The van der Waals surface area contributed by atoms with Crippen LogP contribution in [0, 0.1) is 10.1 Å². The quantitative estimate of drug-likeness (QED) is 0.0106. The van der Waals surface area contributed by atoms with Crippen molar-refractivity contribution in [3.63, 3.8) is 0 Å². The van der Waals surface area contributed by atoms with Gasteiger partial charge in [-0.05, 0) is 109 Å². The van der Waals surface area contributed by atoms with Crippen LogP contribution in [0.4, 0.5) is 17.1 Å². The molecule has 17 nitrogen and oxygen atoms in total. The topological polar surface area (TPSA) is 268 Å². The van der Waals surface area contributed by atoms with Crippen molar-refractivity contribution in [2.45, 2.75) is 56.6 Å². The molecular formula is C62H69Br5Cl6N6O11. The predicted octanol–water partition coefficient (Wildman–Crippen LogP) is 16.9. The van der Waals surface area contributed by atoms with Gasteiger partial charge in [-0.15, -0.1) is 58.0 Å². The van der Waals surface area contributed by atoms with Gasteiger partial charge in [0.2, 0.25) is 23.6 Å². The van der Waals surface area contributed by atoms with Crippen LogP contribution in [0.1, 0.15) is 98.5 Å². The van der Waals surface area contributed by atoms with Crippen molar-refractivity contribution in [1.29, 1.82) is 0 Å². The number of fused-ring (bicyclic) bond motifs is 1. The number of imide groups is 1. The average Bonchev–Trinajstić information content (AvgIpc) is 1.72. The molecule has 90 heavy (non-hydrogen) atoms. The molecule has 0 saturated carbocycles. The van der Waals surface area contributed by atoms with Gasteiger partial charge in [0, 0.05) is 78.7 Å². The molecular weight excluding hydrogens is 1620 g/mol. The highest BCUT2D eigenvalue weighted by molar-refractivity contribution is 9.10. The maximum absolute atomic E-state index is 11.7. The van der Waals surface area contributed by atoms with Crippen LogP contribution in [0.2, 0.25) is 5.02 Å². The van der Waals surface area contributed by atoms with Crippen molar-refractivity contribution in [2.24, 2.45) is 11.5 Å². The van der Waals surface area contributed by atoms with Gasteiger partial charge in [0.1, 0.15) is 17.6 Å². The first kappa shape index (κ1) is 87.1. The van der Waals surface area contributed by atoms with Gasteiger partial charge in [-0.25, -0.2) is 4.79 Å². The number of hydrogen-bond donors (Lipinski definition) is 4. The Morgan fingerprint density at radius 2 is 1.02 bits per heavy atom. The zero-order valence-electron chi connectivity index (χ0n) is 48.9. The van der Waals surface area contributed by atoms with E-state index in [1.165, 1.54) is 53.6 Å². The lowest BCUT2D eigenvalue weighted by Gasteiger charge is -2.10. The number of nitro groups is 1. The highest BCUT2D eigenvalue weighted by Crippen LogP contribution is 2.22. The van der Waals surface area contributed by atoms with E-state index in [1.807, 2.05) is 30.3 Å². The van der Waals surface area contributed by atoms with Crippen LogP contribution in [0.5, 0.6) is 0 Å². The van der Waals surface area contributed by atoms with Crippen molar-refractivity contribution >= 4 is 214 Å². The molecule has 0 fully saturated rings. The lowest BCUT2D eigenvalue weighted by Crippen LogP contribution is -2.31. The molecule has 0 radical (unpaired) electrons. The summed E-state index contributed by atoms with van der Waals surface area (Å²) in [6.45, 7) is 4.73. The second kappa shape index (κ2) is 55.6. The largest absolute Gasteiger partial charge is 0.462 e. The Morgan fingerprint density at radius 3 is 1.38 bits per heavy atom. The van der Waals surface area contributed by atoms with Crippen molar-refractivity contribution in [3.8, 4) is 0 Å². The number of carbonyl (C=O) groups is 8. The molecule has 0 aromatic heterocycles. The fourth-order valence-corrected chi connectivity index (χ4v) is 8.32. The van der Waals surface area contributed by atoms with Crippen LogP contribution in [0.25, 0.3) is 0 Å². The number of esters is 1. The zero-order valence-corrected chi connectivity index (χ0v) is 61.4. The summed E-state index contributed by atoms with van der Waals surface area (Å²) in [5.41, 5.74) is 15.1. The molecule has 490 valence electrons. The molecule has 0 spiro atoms. The second-order valence-electron chi connectivity index (χ2n) is 17.2. The minimum absolute atomic E-state index is 0.0155. The third-order valence-corrected chi connectivity index (χ3v) is 14.5. The molecule has 1 aliphatic heterocycles. The Bertz CT molecular complexity index is 3000. The molecule has 6 aromatic carbocycles. The number of primary amides is 2. The van der Waals surface area contributed by atoms with E-state index in [0.29, 0.717) is 57.3 Å². The molecule has 0 bridgehead atoms. The smallest absolute Gasteiger partial charge is 0.338 e. The Labute approximate surface area is 597 Å². The summed E-state index contributed by atoms with van der Waals surface area (Å²) in [7, 11) is 0. The van der Waals surface area contributed by atoms with Gasteiger partial charge in [0.15, 0.2) is 5.78 Å². The van der Waals surface area contributed by atoms with Gasteiger partial charge in [-0.1, -0.05) is 172 Å². The van der Waals surface area contributed by atoms with Crippen LogP contribution >= 0.6 is 149 Å². The van der Waals surface area contributed by atoms with E-state index < -0.39 is 10.8 Å². The van der Waals surface area contributed by atoms with Crippen LogP contribution in [0.3, 0.4) is 0 Å². The summed E-state index contributed by atoms with van der Waals surface area (Å²) in [6.07, 6.45) is 5.75. The van der Waals surface area contributed by atoms with Crippen LogP contribution < -0.4 is 22.1 Å². The second-order valence-corrected chi connectivity index (χ2v) is 22.7. The molecule has 0 saturated heterocycles. The van der Waals surface area contributed by atoms with Crippen LogP contribution in [-0.2, 0) is 34.6 Å². The minimum Gasteiger partial charge on any atom is -0.462 e. The van der Waals surface area contributed by atoms with Crippen molar-refractivity contribution in [2.75, 3.05) is 63.8 Å². The number of alkyl halides is 9. The van der Waals surface area contributed by atoms with E-state index in [9.17, 15) is 48.5 Å². The number of halogens is 11. The van der Waals surface area contributed by atoms with Gasteiger partial charge >= 0.3 is 5.97 Å². The van der Waals surface area contributed by atoms with E-state index >= 15 is 0 Å². The molecule has 0 aliphatic carbocycles. The summed E-state index contributed by atoms with van der Waals surface area (Å²) < 4.78 is 5.80. The Kier molecular flexibility index (Phi) is 53.8. The summed E-state index contributed by atoms with van der Waals surface area (Å²) in [5, 5.41) is 19.5. The maximum Gasteiger partial charge on any atom is 0.338 e. The summed E-state index contributed by atoms with van der Waals surface area (Å²) >= 11 is 48.1. The molecule has 1 aliphatic rings. The van der Waals surface area contributed by atoms with E-state index in [4.69, 9.17) is 74.3 Å². The molecule has 6 amide bonds. The number of anilines is 2. The van der Waals surface area contributed by atoms with Gasteiger partial charge in [0.05, 0.1) is 34.1 Å². The predicted molar refractivity (Wildman–Crippen MR) is 385 cm³/mol. The number of hydrogen-bond acceptors (Lipinski definition) is 11. The highest BCUT2D eigenvalue weighted by Gasteiger charge is 2.34. The normalized spacial score (nSPS) is 10.1. The number of nitrogens with one attached hydrogen (secondary N) is 2. The SMILES string of the molecule is BrCc1ccccc1.CCCCCCBr.CCOC(=O)c1ccc(NC(=O)CCl)cc1.NC(=O)CCCl.NC(=O)CCl.O=C(CCl)Nc1ccc(Br)cc1.O=C(CCl)c1ccc(Cl)cc1.O=C1c2ccccc2C(=O)N1CCBr.O=[N+]([O-])c1ccc(CBr)cc1.